The van der Waals surface area contributed by atoms with Gasteiger partial charge in [-0.05, 0) is 43.3 Å². The van der Waals surface area contributed by atoms with Crippen molar-refractivity contribution in [2.45, 2.75) is 13.0 Å². The first-order valence-corrected chi connectivity index (χ1v) is 7.90. The summed E-state index contributed by atoms with van der Waals surface area (Å²) in [5.74, 6) is -0.196. The van der Waals surface area contributed by atoms with Crippen LogP contribution in [0, 0.1) is 0 Å². The van der Waals surface area contributed by atoms with Crippen molar-refractivity contribution < 1.29 is 14.3 Å². The monoisotopic (exact) mass is 366 g/mol. The van der Waals surface area contributed by atoms with Gasteiger partial charge >= 0.3 is 0 Å². The summed E-state index contributed by atoms with van der Waals surface area (Å²) in [5, 5.41) is 6.07. The zero-order valence-electron chi connectivity index (χ0n) is 13.1. The molecule has 0 aliphatic carbocycles. The van der Waals surface area contributed by atoms with E-state index < -0.39 is 6.10 Å². The van der Waals surface area contributed by atoms with Gasteiger partial charge in [0.2, 0.25) is 0 Å². The summed E-state index contributed by atoms with van der Waals surface area (Å²) in [6.07, 6.45) is -0.775. The predicted octanol–water partition coefficient (Wildman–Crippen LogP) is 3.76. The summed E-state index contributed by atoms with van der Waals surface area (Å²) in [6, 6.07) is 11.3. The van der Waals surface area contributed by atoms with Crippen LogP contribution in [0.3, 0.4) is 0 Å². The molecule has 126 valence electrons. The van der Waals surface area contributed by atoms with Gasteiger partial charge in [-0.15, -0.1) is 0 Å². The number of hydrogen-bond acceptors (Lipinski definition) is 3. The Hall–Kier alpha value is -2.24. The minimum atomic E-state index is -0.775. The van der Waals surface area contributed by atoms with Crippen molar-refractivity contribution in [2.24, 2.45) is 0 Å². The van der Waals surface area contributed by atoms with Crippen molar-refractivity contribution in [3.05, 3.63) is 58.1 Å². The van der Waals surface area contributed by atoms with Gasteiger partial charge in [-0.2, -0.15) is 0 Å². The molecule has 0 saturated heterocycles. The van der Waals surface area contributed by atoms with Gasteiger partial charge in [-0.3, -0.25) is 9.59 Å². The molecule has 7 heteroatoms. The maximum atomic E-state index is 12.2. The van der Waals surface area contributed by atoms with Crippen LogP contribution in [0.15, 0.2) is 42.5 Å². The average Bonchev–Trinajstić information content (AvgIpc) is 2.53. The zero-order chi connectivity index (χ0) is 17.7. The van der Waals surface area contributed by atoms with Gasteiger partial charge in [0.05, 0.1) is 0 Å². The van der Waals surface area contributed by atoms with Gasteiger partial charge in [-0.1, -0.05) is 29.3 Å². The standard InChI is InChI=1S/C17H16Cl2N2O3/c1-10(24-15-8-12(18)7-13(19)9-15)16(22)21-14-5-3-4-11(6-14)17(23)20-2/h3-10H,1-2H3,(H,20,23)(H,21,22). The molecule has 0 aromatic heterocycles. The fourth-order valence-electron chi connectivity index (χ4n) is 1.98. The number of benzene rings is 2. The number of hydrogen-bond donors (Lipinski definition) is 2. The molecular weight excluding hydrogens is 351 g/mol. The quantitative estimate of drug-likeness (QED) is 0.846. The first-order chi connectivity index (χ1) is 11.4. The fraction of sp³-hybridized carbons (Fsp3) is 0.176. The van der Waals surface area contributed by atoms with Crippen LogP contribution >= 0.6 is 23.2 Å². The molecule has 1 atom stereocenters. The first kappa shape index (κ1) is 18.1. The molecule has 2 amide bonds. The number of anilines is 1. The molecular formula is C17H16Cl2N2O3. The summed E-state index contributed by atoms with van der Waals surface area (Å²) in [5.41, 5.74) is 0.950. The average molecular weight is 367 g/mol. The van der Waals surface area contributed by atoms with Crippen molar-refractivity contribution in [1.82, 2.24) is 5.32 Å². The SMILES string of the molecule is CNC(=O)c1cccc(NC(=O)C(C)Oc2cc(Cl)cc(Cl)c2)c1. The van der Waals surface area contributed by atoms with E-state index in [1.807, 2.05) is 0 Å². The van der Waals surface area contributed by atoms with E-state index >= 15 is 0 Å². The number of nitrogens with one attached hydrogen (secondary N) is 2. The summed E-state index contributed by atoms with van der Waals surface area (Å²) >= 11 is 11.8. The lowest BCUT2D eigenvalue weighted by molar-refractivity contribution is -0.122. The molecule has 0 saturated carbocycles. The third-order valence-corrected chi connectivity index (χ3v) is 3.57. The highest BCUT2D eigenvalue weighted by atomic mass is 35.5. The molecule has 2 aromatic rings. The molecule has 5 nitrogen and oxygen atoms in total. The number of carbonyl (C=O) groups is 2. The summed E-state index contributed by atoms with van der Waals surface area (Å²) in [4.78, 5) is 23.9. The van der Waals surface area contributed by atoms with Crippen LogP contribution in [-0.4, -0.2) is 25.0 Å². The third kappa shape index (κ3) is 4.88. The van der Waals surface area contributed by atoms with Crippen molar-refractivity contribution >= 4 is 40.7 Å². The second kappa shape index (κ2) is 8.04. The Labute approximate surface area is 149 Å². The number of carbonyl (C=O) groups excluding carboxylic acids is 2. The zero-order valence-corrected chi connectivity index (χ0v) is 14.6. The topological polar surface area (TPSA) is 67.4 Å². The molecule has 0 aliphatic rings. The third-order valence-electron chi connectivity index (χ3n) is 3.14. The maximum Gasteiger partial charge on any atom is 0.265 e. The van der Waals surface area contributed by atoms with Crippen LogP contribution in [0.4, 0.5) is 5.69 Å². The smallest absolute Gasteiger partial charge is 0.265 e. The van der Waals surface area contributed by atoms with Gasteiger partial charge in [0.1, 0.15) is 5.75 Å². The van der Waals surface area contributed by atoms with E-state index in [0.29, 0.717) is 27.0 Å². The maximum absolute atomic E-state index is 12.2. The molecule has 0 radical (unpaired) electrons. The Bertz CT molecular complexity index is 745. The predicted molar refractivity (Wildman–Crippen MR) is 95.0 cm³/mol. The second-order valence-corrected chi connectivity index (χ2v) is 5.89. The Morgan fingerprint density at radius 1 is 1.08 bits per heavy atom. The Kier molecular flexibility index (Phi) is 6.06. The van der Waals surface area contributed by atoms with Crippen LogP contribution in [0.25, 0.3) is 0 Å². The minimum Gasteiger partial charge on any atom is -0.481 e. The highest BCUT2D eigenvalue weighted by Crippen LogP contribution is 2.25. The molecule has 0 spiro atoms. The lowest BCUT2D eigenvalue weighted by Gasteiger charge is -2.15. The van der Waals surface area contributed by atoms with Gasteiger partial charge < -0.3 is 15.4 Å². The van der Waals surface area contributed by atoms with E-state index in [4.69, 9.17) is 27.9 Å². The Balaban J connectivity index is 2.05. The lowest BCUT2D eigenvalue weighted by atomic mass is 10.2. The van der Waals surface area contributed by atoms with Gasteiger partial charge in [0.25, 0.3) is 11.8 Å². The van der Waals surface area contributed by atoms with Gasteiger partial charge in [-0.25, -0.2) is 0 Å². The molecule has 24 heavy (non-hydrogen) atoms. The van der Waals surface area contributed by atoms with E-state index in [-0.39, 0.29) is 11.8 Å². The number of halogens is 2. The van der Waals surface area contributed by atoms with Crippen molar-refractivity contribution in [2.75, 3.05) is 12.4 Å². The largest absolute Gasteiger partial charge is 0.481 e. The van der Waals surface area contributed by atoms with Crippen molar-refractivity contribution in [3.63, 3.8) is 0 Å². The van der Waals surface area contributed by atoms with Gasteiger partial charge in [0.15, 0.2) is 6.10 Å². The van der Waals surface area contributed by atoms with Gasteiger partial charge in [0, 0.05) is 28.3 Å². The lowest BCUT2D eigenvalue weighted by Crippen LogP contribution is -2.30. The van der Waals surface area contributed by atoms with E-state index in [2.05, 4.69) is 10.6 Å². The Morgan fingerprint density at radius 2 is 1.75 bits per heavy atom. The Morgan fingerprint density at radius 3 is 2.38 bits per heavy atom. The van der Waals surface area contributed by atoms with Crippen LogP contribution < -0.4 is 15.4 Å². The molecule has 0 aliphatic heterocycles. The number of rotatable bonds is 5. The normalized spacial score (nSPS) is 11.5. The van der Waals surface area contributed by atoms with Crippen LogP contribution in [-0.2, 0) is 4.79 Å². The molecule has 2 N–H and O–H groups in total. The number of ether oxygens (including phenoxy) is 1. The first-order valence-electron chi connectivity index (χ1n) is 7.15. The summed E-state index contributed by atoms with van der Waals surface area (Å²) in [7, 11) is 1.54. The minimum absolute atomic E-state index is 0.232. The van der Waals surface area contributed by atoms with E-state index in [1.165, 1.54) is 0 Å². The number of amides is 2. The highest BCUT2D eigenvalue weighted by molar-refractivity contribution is 6.34. The molecule has 2 aromatic carbocycles. The van der Waals surface area contributed by atoms with Crippen molar-refractivity contribution in [1.29, 1.82) is 0 Å². The second-order valence-electron chi connectivity index (χ2n) is 5.01. The molecule has 2 rings (SSSR count). The van der Waals surface area contributed by atoms with Crippen molar-refractivity contribution in [3.8, 4) is 5.75 Å². The molecule has 0 bridgehead atoms. The van der Waals surface area contributed by atoms with E-state index in [9.17, 15) is 9.59 Å². The fourth-order valence-corrected chi connectivity index (χ4v) is 2.49. The van der Waals surface area contributed by atoms with Crippen LogP contribution in [0.5, 0.6) is 5.75 Å². The molecule has 1 unspecified atom stereocenters. The van der Waals surface area contributed by atoms with Crippen LogP contribution in [0.1, 0.15) is 17.3 Å². The van der Waals surface area contributed by atoms with Crippen LogP contribution in [0.2, 0.25) is 10.0 Å². The summed E-state index contributed by atoms with van der Waals surface area (Å²) < 4.78 is 5.55. The van der Waals surface area contributed by atoms with E-state index in [1.54, 1.807) is 56.4 Å². The summed E-state index contributed by atoms with van der Waals surface area (Å²) in [6.45, 7) is 1.60. The molecule has 0 fully saturated rings. The molecule has 0 heterocycles. The highest BCUT2D eigenvalue weighted by Gasteiger charge is 2.16. The van der Waals surface area contributed by atoms with E-state index in [0.717, 1.165) is 0 Å².